The number of hydrogen-bond donors (Lipinski definition) is 2. The first-order chi connectivity index (χ1) is 11.6. The van der Waals surface area contributed by atoms with Crippen LogP contribution in [-0.4, -0.2) is 24.0 Å². The van der Waals surface area contributed by atoms with Crippen LogP contribution in [0, 0.1) is 5.82 Å². The molecule has 0 aliphatic carbocycles. The Bertz CT molecular complexity index is 667. The maximum atomic E-state index is 13.2. The van der Waals surface area contributed by atoms with Crippen molar-refractivity contribution in [2.45, 2.75) is 39.7 Å². The van der Waals surface area contributed by atoms with Gasteiger partial charge in [0.15, 0.2) is 5.96 Å². The maximum absolute atomic E-state index is 13.2. The molecule has 0 saturated carbocycles. The van der Waals surface area contributed by atoms with Gasteiger partial charge in [-0.1, -0.05) is 26.0 Å². The lowest BCUT2D eigenvalue weighted by Gasteiger charge is -2.10. The molecule has 0 unspecified atom stereocenters. The van der Waals surface area contributed by atoms with Crippen LogP contribution in [0.4, 0.5) is 4.39 Å². The number of guanidine groups is 1. The number of aliphatic imine (C=N–C) groups is 1. The fourth-order valence-corrected chi connectivity index (χ4v) is 3.03. The number of nitrogens with zero attached hydrogens (tertiary/aromatic N) is 2. The smallest absolute Gasteiger partial charge is 0.191 e. The second kappa shape index (κ2) is 9.37. The van der Waals surface area contributed by atoms with E-state index in [1.54, 1.807) is 17.4 Å². The summed E-state index contributed by atoms with van der Waals surface area (Å²) in [6, 6.07) is 6.53. The van der Waals surface area contributed by atoms with E-state index in [4.69, 9.17) is 0 Å². The minimum absolute atomic E-state index is 0.231. The Morgan fingerprint density at radius 2 is 2.17 bits per heavy atom. The van der Waals surface area contributed by atoms with Gasteiger partial charge in [-0.25, -0.2) is 14.4 Å². The number of halogens is 1. The Balaban J connectivity index is 1.86. The molecule has 0 radical (unpaired) electrons. The van der Waals surface area contributed by atoms with Crippen LogP contribution in [-0.2, 0) is 13.0 Å². The average Bonchev–Trinajstić information content (AvgIpc) is 3.02. The van der Waals surface area contributed by atoms with Gasteiger partial charge in [-0.2, -0.15) is 0 Å². The summed E-state index contributed by atoms with van der Waals surface area (Å²) in [4.78, 5) is 9.13. The topological polar surface area (TPSA) is 49.3 Å². The van der Waals surface area contributed by atoms with Crippen LogP contribution in [0.15, 0.2) is 34.6 Å². The highest BCUT2D eigenvalue weighted by Gasteiger charge is 2.06. The fourth-order valence-electron chi connectivity index (χ4n) is 2.16. The van der Waals surface area contributed by atoms with E-state index in [2.05, 4.69) is 39.8 Å². The predicted octanol–water partition coefficient (Wildman–Crippen LogP) is 3.70. The minimum atomic E-state index is -0.231. The van der Waals surface area contributed by atoms with Gasteiger partial charge in [0.1, 0.15) is 5.82 Å². The SMILES string of the molecule is CCNC(=NCc1cccc(F)c1)NCCc1csc(C(C)C)n1. The van der Waals surface area contributed by atoms with Crippen LogP contribution >= 0.6 is 11.3 Å². The highest BCUT2D eigenvalue weighted by atomic mass is 32.1. The van der Waals surface area contributed by atoms with E-state index in [1.807, 2.05) is 13.0 Å². The quantitative estimate of drug-likeness (QED) is 0.592. The Hall–Kier alpha value is -1.95. The van der Waals surface area contributed by atoms with E-state index in [1.165, 1.54) is 17.1 Å². The number of thiazole rings is 1. The average molecular weight is 348 g/mol. The number of hydrogen-bond acceptors (Lipinski definition) is 3. The van der Waals surface area contributed by atoms with Gasteiger partial charge < -0.3 is 10.6 Å². The summed E-state index contributed by atoms with van der Waals surface area (Å²) in [6.07, 6.45) is 0.855. The number of rotatable bonds is 7. The molecule has 0 aliphatic heterocycles. The molecule has 1 heterocycles. The van der Waals surface area contributed by atoms with E-state index >= 15 is 0 Å². The molecule has 6 heteroatoms. The van der Waals surface area contributed by atoms with E-state index in [-0.39, 0.29) is 5.82 Å². The second-order valence-corrected chi connectivity index (χ2v) is 6.72. The van der Waals surface area contributed by atoms with Crippen molar-refractivity contribution in [1.29, 1.82) is 0 Å². The van der Waals surface area contributed by atoms with Crippen molar-refractivity contribution >= 4 is 17.3 Å². The first kappa shape index (κ1) is 18.4. The van der Waals surface area contributed by atoms with Gasteiger partial charge in [-0.15, -0.1) is 11.3 Å². The van der Waals surface area contributed by atoms with Crippen LogP contribution in [0.1, 0.15) is 43.0 Å². The molecule has 24 heavy (non-hydrogen) atoms. The van der Waals surface area contributed by atoms with E-state index in [0.29, 0.717) is 12.5 Å². The van der Waals surface area contributed by atoms with Gasteiger partial charge in [0.25, 0.3) is 0 Å². The van der Waals surface area contributed by atoms with Crippen LogP contribution < -0.4 is 10.6 Å². The highest BCUT2D eigenvalue weighted by molar-refractivity contribution is 7.09. The van der Waals surface area contributed by atoms with Crippen LogP contribution in [0.3, 0.4) is 0 Å². The zero-order chi connectivity index (χ0) is 17.4. The van der Waals surface area contributed by atoms with E-state index in [0.717, 1.165) is 36.7 Å². The molecule has 0 spiro atoms. The maximum Gasteiger partial charge on any atom is 0.191 e. The van der Waals surface area contributed by atoms with Crippen LogP contribution in [0.2, 0.25) is 0 Å². The minimum Gasteiger partial charge on any atom is -0.357 e. The standard InChI is InChI=1S/C18H25FN4S/c1-4-20-18(22-11-14-6-5-7-15(19)10-14)21-9-8-16-12-24-17(23-16)13(2)3/h5-7,10,12-13H,4,8-9,11H2,1-3H3,(H2,20,21,22). The lowest BCUT2D eigenvalue weighted by molar-refractivity contribution is 0.625. The third-order valence-corrected chi connectivity index (χ3v) is 4.58. The molecule has 2 rings (SSSR count). The molecule has 0 atom stereocenters. The Morgan fingerprint density at radius 3 is 2.83 bits per heavy atom. The van der Waals surface area contributed by atoms with Crippen molar-refractivity contribution in [1.82, 2.24) is 15.6 Å². The Labute approximate surface area is 147 Å². The van der Waals surface area contributed by atoms with Crippen molar-refractivity contribution in [3.63, 3.8) is 0 Å². The van der Waals surface area contributed by atoms with Crippen molar-refractivity contribution < 1.29 is 4.39 Å². The molecule has 1 aromatic carbocycles. The normalized spacial score (nSPS) is 11.8. The molecule has 1 aromatic heterocycles. The first-order valence-electron chi connectivity index (χ1n) is 8.29. The molecule has 0 saturated heterocycles. The summed E-state index contributed by atoms with van der Waals surface area (Å²) in [7, 11) is 0. The molecular weight excluding hydrogens is 323 g/mol. The predicted molar refractivity (Wildman–Crippen MR) is 99.1 cm³/mol. The summed E-state index contributed by atoms with van der Waals surface area (Å²) < 4.78 is 13.2. The van der Waals surface area contributed by atoms with Crippen molar-refractivity contribution in [3.8, 4) is 0 Å². The molecule has 2 aromatic rings. The highest BCUT2D eigenvalue weighted by Crippen LogP contribution is 2.19. The van der Waals surface area contributed by atoms with Crippen molar-refractivity contribution in [3.05, 3.63) is 51.7 Å². The summed E-state index contributed by atoms with van der Waals surface area (Å²) in [6.45, 7) is 8.32. The van der Waals surface area contributed by atoms with Gasteiger partial charge in [0.05, 0.1) is 17.2 Å². The van der Waals surface area contributed by atoms with Gasteiger partial charge in [-0.05, 0) is 24.6 Å². The third kappa shape index (κ3) is 5.92. The Morgan fingerprint density at radius 1 is 1.33 bits per heavy atom. The molecular formula is C18H25FN4S. The summed E-state index contributed by atoms with van der Waals surface area (Å²) >= 11 is 1.72. The number of nitrogens with one attached hydrogen (secondary N) is 2. The third-order valence-electron chi connectivity index (χ3n) is 3.39. The van der Waals surface area contributed by atoms with Crippen LogP contribution in [0.25, 0.3) is 0 Å². The van der Waals surface area contributed by atoms with Gasteiger partial charge in [0, 0.05) is 30.8 Å². The molecule has 0 bridgehead atoms. The Kier molecular flexibility index (Phi) is 7.18. The zero-order valence-corrected chi connectivity index (χ0v) is 15.3. The van der Waals surface area contributed by atoms with E-state index < -0.39 is 0 Å². The largest absolute Gasteiger partial charge is 0.357 e. The zero-order valence-electron chi connectivity index (χ0n) is 14.5. The van der Waals surface area contributed by atoms with Crippen molar-refractivity contribution in [2.75, 3.05) is 13.1 Å². The second-order valence-electron chi connectivity index (χ2n) is 5.83. The van der Waals surface area contributed by atoms with Crippen molar-refractivity contribution in [2.24, 2.45) is 4.99 Å². The first-order valence-corrected chi connectivity index (χ1v) is 9.17. The lowest BCUT2D eigenvalue weighted by atomic mass is 10.2. The van der Waals surface area contributed by atoms with Crippen LogP contribution in [0.5, 0.6) is 0 Å². The summed E-state index contributed by atoms with van der Waals surface area (Å²) in [5, 5.41) is 9.80. The van der Waals surface area contributed by atoms with E-state index in [9.17, 15) is 4.39 Å². The lowest BCUT2D eigenvalue weighted by Crippen LogP contribution is -2.38. The van der Waals surface area contributed by atoms with Gasteiger partial charge in [-0.3, -0.25) is 0 Å². The number of benzene rings is 1. The molecule has 2 N–H and O–H groups in total. The molecule has 130 valence electrons. The number of aromatic nitrogens is 1. The van der Waals surface area contributed by atoms with Gasteiger partial charge >= 0.3 is 0 Å². The molecule has 0 amide bonds. The summed E-state index contributed by atoms with van der Waals surface area (Å²) in [5.41, 5.74) is 1.96. The van der Waals surface area contributed by atoms with Gasteiger partial charge in [0.2, 0.25) is 0 Å². The molecule has 0 aliphatic rings. The molecule has 0 fully saturated rings. The monoisotopic (exact) mass is 348 g/mol. The fraction of sp³-hybridized carbons (Fsp3) is 0.444. The summed E-state index contributed by atoms with van der Waals surface area (Å²) in [5.74, 6) is 0.980. The molecule has 4 nitrogen and oxygen atoms in total.